The van der Waals surface area contributed by atoms with E-state index in [1.54, 1.807) is 0 Å². The summed E-state index contributed by atoms with van der Waals surface area (Å²) in [7, 11) is 3.94. The summed E-state index contributed by atoms with van der Waals surface area (Å²) in [6.07, 6.45) is 2.23. The average Bonchev–Trinajstić information content (AvgIpc) is 3.15. The van der Waals surface area contributed by atoms with Gasteiger partial charge in [0, 0.05) is 32.0 Å². The van der Waals surface area contributed by atoms with Crippen molar-refractivity contribution in [1.29, 1.82) is 0 Å². The molecule has 3 rings (SSSR count). The molecular weight excluding hydrogens is 328 g/mol. The Morgan fingerprint density at radius 1 is 1.23 bits per heavy atom. The Morgan fingerprint density at radius 3 is 2.65 bits per heavy atom. The fourth-order valence-corrected chi connectivity index (χ4v) is 2.92. The number of ether oxygens (including phenoxy) is 2. The molecule has 0 saturated carbocycles. The molecule has 5 heteroatoms. The van der Waals surface area contributed by atoms with Crippen LogP contribution in [-0.2, 0) is 4.74 Å². The number of nitrogens with one attached hydrogen (secondary N) is 1. The minimum absolute atomic E-state index is 0.137. The Labute approximate surface area is 154 Å². The maximum atomic E-state index is 12.6. The Balaban J connectivity index is 1.70. The van der Waals surface area contributed by atoms with Gasteiger partial charge in [0.25, 0.3) is 5.91 Å². The second kappa shape index (κ2) is 8.23. The zero-order valence-corrected chi connectivity index (χ0v) is 15.6. The second-order valence-electron chi connectivity index (χ2n) is 6.84. The molecule has 1 N–H and O–H groups in total. The zero-order chi connectivity index (χ0) is 18.5. The van der Waals surface area contributed by atoms with Gasteiger partial charge in [-0.1, -0.05) is 6.07 Å². The van der Waals surface area contributed by atoms with Gasteiger partial charge in [-0.25, -0.2) is 0 Å². The van der Waals surface area contributed by atoms with Crippen LogP contribution in [0.5, 0.6) is 5.75 Å². The number of nitrogens with zero attached hydrogens (tertiary/aromatic N) is 1. The first-order valence-corrected chi connectivity index (χ1v) is 8.97. The van der Waals surface area contributed by atoms with Crippen LogP contribution in [0.3, 0.4) is 0 Å². The summed E-state index contributed by atoms with van der Waals surface area (Å²) in [6, 6.07) is 13.3. The number of amides is 1. The molecule has 0 aromatic heterocycles. The van der Waals surface area contributed by atoms with Crippen molar-refractivity contribution in [2.45, 2.75) is 25.9 Å². The molecule has 1 fully saturated rings. The number of carbonyl (C=O) groups excluding carboxylic acids is 1. The average molecular weight is 354 g/mol. The highest BCUT2D eigenvalue weighted by Crippen LogP contribution is 2.27. The van der Waals surface area contributed by atoms with Crippen LogP contribution < -0.4 is 15.0 Å². The lowest BCUT2D eigenvalue weighted by Crippen LogP contribution is -2.18. The zero-order valence-electron chi connectivity index (χ0n) is 15.6. The minimum atomic E-state index is -0.152. The number of hydrogen-bond donors (Lipinski definition) is 1. The molecule has 0 bridgehead atoms. The largest absolute Gasteiger partial charge is 0.489 e. The van der Waals surface area contributed by atoms with E-state index in [4.69, 9.17) is 9.47 Å². The van der Waals surface area contributed by atoms with E-state index in [1.165, 1.54) is 0 Å². The SMILES string of the molecule is Cc1ccc(NC(=O)c2ccc(N(C)C)cc2)c(OCC2CCCO2)c1. The first-order chi connectivity index (χ1) is 12.5. The van der Waals surface area contributed by atoms with Gasteiger partial charge in [-0.3, -0.25) is 4.79 Å². The Bertz CT molecular complexity index is 750. The van der Waals surface area contributed by atoms with Crippen molar-refractivity contribution in [3.05, 3.63) is 53.6 Å². The van der Waals surface area contributed by atoms with E-state index in [0.717, 1.165) is 30.7 Å². The molecule has 0 aliphatic carbocycles. The van der Waals surface area contributed by atoms with Gasteiger partial charge in [-0.05, 0) is 61.7 Å². The van der Waals surface area contributed by atoms with E-state index in [9.17, 15) is 4.79 Å². The quantitative estimate of drug-likeness (QED) is 0.855. The maximum Gasteiger partial charge on any atom is 0.255 e. The monoisotopic (exact) mass is 354 g/mol. The predicted octanol–water partition coefficient (Wildman–Crippen LogP) is 3.87. The second-order valence-corrected chi connectivity index (χ2v) is 6.84. The smallest absolute Gasteiger partial charge is 0.255 e. The van der Waals surface area contributed by atoms with Gasteiger partial charge in [-0.15, -0.1) is 0 Å². The van der Waals surface area contributed by atoms with Crippen LogP contribution in [0.15, 0.2) is 42.5 Å². The van der Waals surface area contributed by atoms with Crippen LogP contribution in [0.25, 0.3) is 0 Å². The molecular formula is C21H26N2O3. The summed E-state index contributed by atoms with van der Waals surface area (Å²) in [6.45, 7) is 3.31. The van der Waals surface area contributed by atoms with Gasteiger partial charge < -0.3 is 19.7 Å². The molecule has 0 spiro atoms. The number of carbonyl (C=O) groups is 1. The van der Waals surface area contributed by atoms with Crippen molar-refractivity contribution < 1.29 is 14.3 Å². The van der Waals surface area contributed by atoms with E-state index in [2.05, 4.69) is 5.32 Å². The predicted molar refractivity (Wildman–Crippen MR) is 104 cm³/mol. The van der Waals surface area contributed by atoms with Crippen molar-refractivity contribution in [1.82, 2.24) is 0 Å². The number of hydrogen-bond acceptors (Lipinski definition) is 4. The lowest BCUT2D eigenvalue weighted by atomic mass is 10.1. The molecule has 1 amide bonds. The standard InChI is InChI=1S/C21H26N2O3/c1-15-6-11-19(20(13-15)26-14-18-5-4-12-25-18)22-21(24)16-7-9-17(10-8-16)23(2)3/h6-11,13,18H,4-5,12,14H2,1-3H3,(H,22,24). The van der Waals surface area contributed by atoms with Gasteiger partial charge in [0.2, 0.25) is 0 Å². The molecule has 1 aliphatic heterocycles. The summed E-state index contributed by atoms with van der Waals surface area (Å²) in [4.78, 5) is 14.6. The van der Waals surface area contributed by atoms with Crippen molar-refractivity contribution in [3.8, 4) is 5.75 Å². The molecule has 1 heterocycles. The molecule has 0 radical (unpaired) electrons. The van der Waals surface area contributed by atoms with E-state index >= 15 is 0 Å². The summed E-state index contributed by atoms with van der Waals surface area (Å²) in [5.74, 6) is 0.528. The van der Waals surface area contributed by atoms with Gasteiger partial charge in [0.05, 0.1) is 11.8 Å². The maximum absolute atomic E-state index is 12.6. The van der Waals surface area contributed by atoms with Crippen LogP contribution in [0, 0.1) is 6.92 Å². The topological polar surface area (TPSA) is 50.8 Å². The Kier molecular flexibility index (Phi) is 5.78. The molecule has 2 aromatic carbocycles. The van der Waals surface area contributed by atoms with Crippen molar-refractivity contribution in [3.63, 3.8) is 0 Å². The molecule has 1 unspecified atom stereocenters. The number of anilines is 2. The third-order valence-electron chi connectivity index (χ3n) is 4.48. The summed E-state index contributed by atoms with van der Waals surface area (Å²) in [5, 5.41) is 2.96. The fourth-order valence-electron chi connectivity index (χ4n) is 2.92. The van der Waals surface area contributed by atoms with Crippen molar-refractivity contribution >= 4 is 17.3 Å². The Morgan fingerprint density at radius 2 is 2.00 bits per heavy atom. The highest BCUT2D eigenvalue weighted by atomic mass is 16.5. The molecule has 138 valence electrons. The lowest BCUT2D eigenvalue weighted by molar-refractivity contribution is 0.0681. The number of rotatable bonds is 6. The number of aryl methyl sites for hydroxylation is 1. The summed E-state index contributed by atoms with van der Waals surface area (Å²) in [5.41, 5.74) is 3.43. The third-order valence-corrected chi connectivity index (χ3v) is 4.48. The molecule has 1 atom stereocenters. The van der Waals surface area contributed by atoms with E-state index in [-0.39, 0.29) is 12.0 Å². The van der Waals surface area contributed by atoms with Crippen LogP contribution in [0.4, 0.5) is 11.4 Å². The van der Waals surface area contributed by atoms with Crippen LogP contribution >= 0.6 is 0 Å². The molecule has 1 aliphatic rings. The van der Waals surface area contributed by atoms with Gasteiger partial charge >= 0.3 is 0 Å². The molecule has 2 aromatic rings. The molecule has 1 saturated heterocycles. The highest BCUT2D eigenvalue weighted by molar-refractivity contribution is 6.05. The van der Waals surface area contributed by atoms with E-state index < -0.39 is 0 Å². The summed E-state index contributed by atoms with van der Waals surface area (Å²) >= 11 is 0. The van der Waals surface area contributed by atoms with Crippen LogP contribution in [0.1, 0.15) is 28.8 Å². The number of benzene rings is 2. The van der Waals surface area contributed by atoms with Crippen LogP contribution in [-0.4, -0.2) is 39.3 Å². The fraction of sp³-hybridized carbons (Fsp3) is 0.381. The van der Waals surface area contributed by atoms with Crippen molar-refractivity contribution in [2.24, 2.45) is 0 Å². The van der Waals surface area contributed by atoms with Crippen molar-refractivity contribution in [2.75, 3.05) is 37.5 Å². The third kappa shape index (κ3) is 4.55. The molecule has 26 heavy (non-hydrogen) atoms. The Hall–Kier alpha value is -2.53. The van der Waals surface area contributed by atoms with Gasteiger partial charge in [0.1, 0.15) is 12.4 Å². The van der Waals surface area contributed by atoms with E-state index in [0.29, 0.717) is 23.6 Å². The summed E-state index contributed by atoms with van der Waals surface area (Å²) < 4.78 is 11.6. The first kappa shape index (κ1) is 18.3. The van der Waals surface area contributed by atoms with E-state index in [1.807, 2.05) is 68.4 Å². The highest BCUT2D eigenvalue weighted by Gasteiger charge is 2.17. The molecule has 5 nitrogen and oxygen atoms in total. The van der Waals surface area contributed by atoms with Crippen LogP contribution in [0.2, 0.25) is 0 Å². The normalized spacial score (nSPS) is 16.3. The van der Waals surface area contributed by atoms with Gasteiger partial charge in [-0.2, -0.15) is 0 Å². The minimum Gasteiger partial charge on any atom is -0.489 e. The van der Waals surface area contributed by atoms with Gasteiger partial charge in [0.15, 0.2) is 0 Å². The lowest BCUT2D eigenvalue weighted by Gasteiger charge is -2.16. The first-order valence-electron chi connectivity index (χ1n) is 8.97.